The van der Waals surface area contributed by atoms with E-state index in [4.69, 9.17) is 4.42 Å². The Labute approximate surface area is 156 Å². The minimum absolute atomic E-state index is 0.652. The van der Waals surface area contributed by atoms with Gasteiger partial charge in [-0.1, -0.05) is 36.0 Å². The molecule has 2 aromatic carbocycles. The van der Waals surface area contributed by atoms with E-state index < -0.39 is 0 Å². The van der Waals surface area contributed by atoms with E-state index in [2.05, 4.69) is 46.6 Å². The van der Waals surface area contributed by atoms with Gasteiger partial charge in [-0.3, -0.25) is 4.57 Å². The van der Waals surface area contributed by atoms with Crippen LogP contribution in [0, 0.1) is 13.8 Å². The molecular weight excluding hydrogens is 342 g/mol. The largest absolute Gasteiger partial charge is 0.444 e. The second-order valence-electron chi connectivity index (χ2n) is 6.22. The van der Waals surface area contributed by atoms with Crippen LogP contribution >= 0.6 is 11.8 Å². The maximum absolute atomic E-state index is 5.62. The van der Waals surface area contributed by atoms with Crippen molar-refractivity contribution in [2.45, 2.75) is 24.8 Å². The van der Waals surface area contributed by atoms with Crippen molar-refractivity contribution < 1.29 is 4.42 Å². The number of hydrogen-bond acceptors (Lipinski definition) is 4. The lowest BCUT2D eigenvalue weighted by molar-refractivity contribution is 0.573. The third kappa shape index (κ3) is 3.58. The molecule has 4 nitrogen and oxygen atoms in total. The maximum Gasteiger partial charge on any atom is 0.226 e. The summed E-state index contributed by atoms with van der Waals surface area (Å²) in [5.41, 5.74) is 5.51. The molecule has 0 spiro atoms. The molecule has 4 rings (SSSR count). The van der Waals surface area contributed by atoms with Crippen molar-refractivity contribution in [3.8, 4) is 17.1 Å². The molecule has 0 unspecified atom stereocenters. The van der Waals surface area contributed by atoms with Gasteiger partial charge >= 0.3 is 0 Å². The predicted octanol–water partition coefficient (Wildman–Crippen LogP) is 5.44. The normalized spacial score (nSPS) is 11.0. The van der Waals surface area contributed by atoms with Crippen molar-refractivity contribution in [1.82, 2.24) is 14.5 Å². The van der Waals surface area contributed by atoms with Crippen LogP contribution in [0.2, 0.25) is 0 Å². The van der Waals surface area contributed by atoms with Crippen molar-refractivity contribution >= 4 is 11.8 Å². The summed E-state index contributed by atoms with van der Waals surface area (Å²) in [4.78, 5) is 9.09. The van der Waals surface area contributed by atoms with E-state index in [1.165, 1.54) is 11.1 Å². The summed E-state index contributed by atoms with van der Waals surface area (Å²) in [7, 11) is 0. The maximum atomic E-state index is 5.62. The number of rotatable bonds is 5. The van der Waals surface area contributed by atoms with Crippen LogP contribution in [0.5, 0.6) is 0 Å². The number of nitrogens with zero attached hydrogens (tertiary/aromatic N) is 3. The van der Waals surface area contributed by atoms with Crippen LogP contribution in [0.4, 0.5) is 0 Å². The molecule has 2 heterocycles. The molecule has 0 saturated carbocycles. The third-order valence-corrected chi connectivity index (χ3v) is 5.01. The summed E-state index contributed by atoms with van der Waals surface area (Å²) in [6.07, 6.45) is 5.55. The zero-order chi connectivity index (χ0) is 17.9. The molecule has 0 bridgehead atoms. The molecule has 130 valence electrons. The van der Waals surface area contributed by atoms with Gasteiger partial charge in [0.25, 0.3) is 0 Å². The smallest absolute Gasteiger partial charge is 0.226 e. The Bertz CT molecular complexity index is 1000. The van der Waals surface area contributed by atoms with Crippen LogP contribution in [0.3, 0.4) is 0 Å². The van der Waals surface area contributed by atoms with Crippen LogP contribution in [0.15, 0.2) is 76.8 Å². The topological polar surface area (TPSA) is 43.9 Å². The molecule has 4 aromatic rings. The van der Waals surface area contributed by atoms with E-state index in [9.17, 15) is 0 Å². The highest BCUT2D eigenvalue weighted by Crippen LogP contribution is 2.26. The highest BCUT2D eigenvalue weighted by Gasteiger charge is 2.10. The Morgan fingerprint density at radius 2 is 1.81 bits per heavy atom. The summed E-state index contributed by atoms with van der Waals surface area (Å²) >= 11 is 1.65. The first-order valence-corrected chi connectivity index (χ1v) is 9.42. The second kappa shape index (κ2) is 7.22. The molecule has 5 heteroatoms. The average Bonchev–Trinajstić information content (AvgIpc) is 3.29. The molecule has 0 fully saturated rings. The van der Waals surface area contributed by atoms with Crippen LogP contribution < -0.4 is 0 Å². The molecule has 0 aliphatic carbocycles. The number of aryl methyl sites for hydroxylation is 2. The van der Waals surface area contributed by atoms with Gasteiger partial charge in [0.2, 0.25) is 5.89 Å². The number of aromatic nitrogens is 3. The van der Waals surface area contributed by atoms with Crippen LogP contribution in [0.25, 0.3) is 17.1 Å². The summed E-state index contributed by atoms with van der Waals surface area (Å²) in [5.74, 6) is 1.36. The Morgan fingerprint density at radius 1 is 1.04 bits per heavy atom. The Kier molecular flexibility index (Phi) is 4.63. The summed E-state index contributed by atoms with van der Waals surface area (Å²) in [6, 6.07) is 16.4. The average molecular weight is 361 g/mol. The third-order valence-electron chi connectivity index (χ3n) is 4.01. The van der Waals surface area contributed by atoms with Gasteiger partial charge in [0.05, 0.1) is 5.69 Å². The molecule has 0 aliphatic rings. The summed E-state index contributed by atoms with van der Waals surface area (Å²) < 4.78 is 7.73. The highest BCUT2D eigenvalue weighted by molar-refractivity contribution is 7.98. The predicted molar refractivity (Wildman–Crippen MR) is 105 cm³/mol. The Hall–Kier alpha value is -2.79. The molecule has 0 amide bonds. The van der Waals surface area contributed by atoms with Crippen molar-refractivity contribution in [3.63, 3.8) is 0 Å². The standard InChI is InChI=1S/C21H19N3OS/c1-15-10-16(2)12-19(11-15)24-9-8-22-21(24)26-14-18-13-25-20(23-18)17-6-4-3-5-7-17/h3-13H,14H2,1-2H3. The Morgan fingerprint density at radius 3 is 2.58 bits per heavy atom. The number of oxazole rings is 1. The van der Waals surface area contributed by atoms with Gasteiger partial charge in [-0.2, -0.15) is 0 Å². The fourth-order valence-corrected chi connectivity index (χ4v) is 3.76. The number of hydrogen-bond donors (Lipinski definition) is 0. The van der Waals surface area contributed by atoms with Gasteiger partial charge in [-0.25, -0.2) is 9.97 Å². The highest BCUT2D eigenvalue weighted by atomic mass is 32.2. The quantitative estimate of drug-likeness (QED) is 0.444. The van der Waals surface area contributed by atoms with Gasteiger partial charge in [0.15, 0.2) is 5.16 Å². The van der Waals surface area contributed by atoms with E-state index in [1.54, 1.807) is 18.0 Å². The summed E-state index contributed by atoms with van der Waals surface area (Å²) in [6.45, 7) is 4.22. The first-order valence-electron chi connectivity index (χ1n) is 8.44. The van der Waals surface area contributed by atoms with Crippen LogP contribution in [-0.4, -0.2) is 14.5 Å². The van der Waals surface area contributed by atoms with E-state index >= 15 is 0 Å². The lowest BCUT2D eigenvalue weighted by Gasteiger charge is -2.09. The zero-order valence-corrected chi connectivity index (χ0v) is 15.5. The van der Waals surface area contributed by atoms with E-state index in [1.807, 2.05) is 42.7 Å². The molecule has 0 aliphatic heterocycles. The summed E-state index contributed by atoms with van der Waals surface area (Å²) in [5, 5.41) is 0.944. The van der Waals surface area contributed by atoms with Crippen molar-refractivity contribution in [2.24, 2.45) is 0 Å². The molecule has 0 N–H and O–H groups in total. The first kappa shape index (κ1) is 16.7. The minimum atomic E-state index is 0.652. The molecule has 0 atom stereocenters. The fraction of sp³-hybridized carbons (Fsp3) is 0.143. The first-order chi connectivity index (χ1) is 12.7. The zero-order valence-electron chi connectivity index (χ0n) is 14.7. The second-order valence-corrected chi connectivity index (χ2v) is 7.17. The van der Waals surface area contributed by atoms with Crippen molar-refractivity contribution in [3.05, 3.63) is 84.0 Å². The van der Waals surface area contributed by atoms with Crippen molar-refractivity contribution in [2.75, 3.05) is 0 Å². The molecule has 26 heavy (non-hydrogen) atoms. The van der Waals surface area contributed by atoms with Gasteiger partial charge in [0.1, 0.15) is 6.26 Å². The monoisotopic (exact) mass is 361 g/mol. The fourth-order valence-electron chi connectivity index (χ4n) is 2.91. The number of imidazole rings is 1. The SMILES string of the molecule is Cc1cc(C)cc(-n2ccnc2SCc2coc(-c3ccccc3)n2)c1. The molecular formula is C21H19N3OS. The lowest BCUT2D eigenvalue weighted by atomic mass is 10.1. The van der Waals surface area contributed by atoms with Crippen LogP contribution in [-0.2, 0) is 5.75 Å². The van der Waals surface area contributed by atoms with Gasteiger partial charge in [-0.05, 0) is 49.2 Å². The van der Waals surface area contributed by atoms with Crippen molar-refractivity contribution in [1.29, 1.82) is 0 Å². The molecule has 0 radical (unpaired) electrons. The van der Waals surface area contributed by atoms with E-state index in [0.29, 0.717) is 11.6 Å². The van der Waals surface area contributed by atoms with E-state index in [-0.39, 0.29) is 0 Å². The van der Waals surface area contributed by atoms with Crippen LogP contribution in [0.1, 0.15) is 16.8 Å². The van der Waals surface area contributed by atoms with E-state index in [0.717, 1.165) is 22.1 Å². The van der Waals surface area contributed by atoms with Gasteiger partial charge in [0, 0.05) is 29.4 Å². The Balaban J connectivity index is 1.51. The molecule has 2 aromatic heterocycles. The van der Waals surface area contributed by atoms with Gasteiger partial charge < -0.3 is 4.42 Å². The lowest BCUT2D eigenvalue weighted by Crippen LogP contribution is -1.97. The van der Waals surface area contributed by atoms with Gasteiger partial charge in [-0.15, -0.1) is 0 Å². The molecule has 0 saturated heterocycles. The number of thioether (sulfide) groups is 1. The number of benzene rings is 2. The minimum Gasteiger partial charge on any atom is -0.444 e.